The topological polar surface area (TPSA) is 176 Å². The van der Waals surface area contributed by atoms with Crippen molar-refractivity contribution in [2.24, 2.45) is 16.5 Å². The summed E-state index contributed by atoms with van der Waals surface area (Å²) in [5.74, 6) is 1.68. The van der Waals surface area contributed by atoms with Crippen LogP contribution in [0.1, 0.15) is 41.2 Å². The van der Waals surface area contributed by atoms with Crippen LogP contribution >= 0.6 is 24.2 Å². The van der Waals surface area contributed by atoms with Gasteiger partial charge in [0.05, 0.1) is 5.25 Å². The Kier molecular flexibility index (Phi) is 11.3. The number of imide groups is 1. The molecule has 2 heterocycles. The molecule has 0 aliphatic carbocycles. The second kappa shape index (κ2) is 13.8. The Bertz CT molecular complexity index is 1330. The summed E-state index contributed by atoms with van der Waals surface area (Å²) >= 11 is 1.04. The molecule has 0 spiro atoms. The Morgan fingerprint density at radius 3 is 2.34 bits per heavy atom. The smallest absolute Gasteiger partial charge is 0.286 e. The number of hydrogen-bond acceptors (Lipinski definition) is 7. The number of nitrogens with one attached hydrogen (secondary N) is 2. The fourth-order valence-electron chi connectivity index (χ4n) is 4.32. The zero-order chi connectivity index (χ0) is 29.8. The first-order chi connectivity index (χ1) is 18.7. The van der Waals surface area contributed by atoms with E-state index in [2.05, 4.69) is 10.3 Å². The lowest BCUT2D eigenvalue weighted by Crippen LogP contribution is -2.42. The quantitative estimate of drug-likeness (QED) is 0.251. The van der Waals surface area contributed by atoms with E-state index in [1.165, 1.54) is 4.90 Å². The second-order valence-electron chi connectivity index (χ2n) is 10.4. The minimum atomic E-state index is -0.467. The summed E-state index contributed by atoms with van der Waals surface area (Å²) in [6.07, 6.45) is 2.13. The molecule has 2 atom stereocenters. The van der Waals surface area contributed by atoms with Gasteiger partial charge >= 0.3 is 0 Å². The zero-order valence-corrected chi connectivity index (χ0v) is 25.8. The molecule has 2 unspecified atom stereocenters. The highest BCUT2D eigenvalue weighted by atomic mass is 35.5. The van der Waals surface area contributed by atoms with Gasteiger partial charge in [-0.25, -0.2) is 0 Å². The van der Waals surface area contributed by atoms with Crippen LogP contribution in [-0.2, 0) is 17.6 Å². The van der Waals surface area contributed by atoms with Crippen LogP contribution in [-0.4, -0.2) is 64.6 Å². The average molecular weight is 607 g/mol. The molecular weight excluding hydrogens is 568 g/mol. The molecule has 2 aliphatic heterocycles. The number of hydrogen-bond donors (Lipinski definition) is 5. The minimum Gasteiger partial charge on any atom is -0.507 e. The van der Waals surface area contributed by atoms with Gasteiger partial charge in [-0.3, -0.25) is 20.3 Å². The molecule has 0 bridgehead atoms. The lowest BCUT2D eigenvalue weighted by atomic mass is 9.87. The number of phenolic OH excluding ortho intramolecular Hbond substituents is 1. The maximum absolute atomic E-state index is 11.7. The van der Waals surface area contributed by atoms with Crippen molar-refractivity contribution in [2.75, 3.05) is 20.7 Å². The highest BCUT2D eigenvalue weighted by molar-refractivity contribution is 8.15. The number of thioether (sulfide) groups is 1. The summed E-state index contributed by atoms with van der Waals surface area (Å²) in [4.78, 5) is 28.0. The highest BCUT2D eigenvalue weighted by Crippen LogP contribution is 2.43. The van der Waals surface area contributed by atoms with E-state index < -0.39 is 5.60 Å². The number of rotatable bonds is 5. The number of amides is 2. The Labute approximate surface area is 251 Å². The second-order valence-corrected chi connectivity index (χ2v) is 11.5. The van der Waals surface area contributed by atoms with Crippen LogP contribution in [0.2, 0.25) is 0 Å². The Balaban J connectivity index is 0.000000511. The molecule has 2 aliphatic rings. The Morgan fingerprint density at radius 2 is 1.83 bits per heavy atom. The molecule has 41 heavy (non-hydrogen) atoms. The van der Waals surface area contributed by atoms with E-state index in [0.717, 1.165) is 63.9 Å². The molecule has 1 saturated heterocycles. The van der Waals surface area contributed by atoms with E-state index in [1.807, 2.05) is 52.0 Å². The number of halogens is 1. The van der Waals surface area contributed by atoms with Gasteiger partial charge in [0.2, 0.25) is 11.9 Å². The molecule has 2 aromatic carbocycles. The summed E-state index contributed by atoms with van der Waals surface area (Å²) in [5, 5.41) is 19.1. The minimum absolute atomic E-state index is 0. The lowest BCUT2D eigenvalue weighted by molar-refractivity contribution is -0.118. The molecule has 224 valence electrons. The number of fused-ring (bicyclic) bond motifs is 1. The van der Waals surface area contributed by atoms with Gasteiger partial charge in [0.1, 0.15) is 29.5 Å². The van der Waals surface area contributed by atoms with Crippen LogP contribution in [0.25, 0.3) is 0 Å². The highest BCUT2D eigenvalue weighted by Gasteiger charge is 2.35. The molecule has 0 aromatic heterocycles. The van der Waals surface area contributed by atoms with Gasteiger partial charge in [-0.2, -0.15) is 4.99 Å². The number of benzene rings is 2. The maximum Gasteiger partial charge on any atom is 0.286 e. The lowest BCUT2D eigenvalue weighted by Gasteiger charge is -2.37. The number of aromatic hydroxyl groups is 1. The predicted octanol–water partition coefficient (Wildman–Crippen LogP) is 3.55. The molecule has 0 saturated carbocycles. The van der Waals surface area contributed by atoms with Crippen molar-refractivity contribution in [1.82, 2.24) is 10.2 Å². The van der Waals surface area contributed by atoms with Crippen molar-refractivity contribution in [2.45, 2.75) is 57.8 Å². The van der Waals surface area contributed by atoms with E-state index in [0.29, 0.717) is 18.8 Å². The summed E-state index contributed by atoms with van der Waals surface area (Å²) in [6.45, 7) is 8.28. The van der Waals surface area contributed by atoms with Gasteiger partial charge in [-0.1, -0.05) is 23.9 Å². The molecular formula is C28H39ClN6O5S. The SMILES string of the molecule is CN(C)C(=N)N=C(N)N.Cc1c(C)c2c(c(C)c1O)CCC(C)(COc1ccc(CC3SC(=O)NC3=O)cc1)O2.Cl. The summed E-state index contributed by atoms with van der Waals surface area (Å²) in [6, 6.07) is 7.61. The number of phenols is 1. The van der Waals surface area contributed by atoms with Crippen LogP contribution in [0.15, 0.2) is 29.3 Å². The number of carbonyl (C=O) groups is 2. The molecule has 2 amide bonds. The standard InChI is InChI=1S/C24H27NO5S.C4H11N5.ClH/c1-13-14(2)21-18(15(3)20(13)26)9-10-24(4,30-21)12-29-17-7-5-16(6-8-17)11-19-22(27)25-23(28)31-19;1-9(2)4(7)8-3(5)6;/h5-8,19,26H,9-12H2,1-4H3,(H,25,27,28);1-2H3,(H5,5,6,7,8);1H. The van der Waals surface area contributed by atoms with Crippen LogP contribution in [0, 0.1) is 26.2 Å². The van der Waals surface area contributed by atoms with Gasteiger partial charge in [0.15, 0.2) is 5.96 Å². The van der Waals surface area contributed by atoms with Crippen molar-refractivity contribution in [1.29, 1.82) is 5.41 Å². The average Bonchev–Trinajstić information content (AvgIpc) is 3.21. The number of ether oxygens (including phenoxy) is 2. The van der Waals surface area contributed by atoms with Crippen molar-refractivity contribution in [3.63, 3.8) is 0 Å². The van der Waals surface area contributed by atoms with Gasteiger partial charge in [0.25, 0.3) is 5.24 Å². The van der Waals surface area contributed by atoms with Crippen LogP contribution in [0.3, 0.4) is 0 Å². The number of guanidine groups is 2. The third kappa shape index (κ3) is 8.43. The van der Waals surface area contributed by atoms with Gasteiger partial charge < -0.3 is 30.9 Å². The van der Waals surface area contributed by atoms with Crippen molar-refractivity contribution in [3.8, 4) is 17.2 Å². The normalized spacial score (nSPS) is 18.9. The molecule has 0 radical (unpaired) electrons. The van der Waals surface area contributed by atoms with Crippen LogP contribution in [0.4, 0.5) is 4.79 Å². The fourth-order valence-corrected chi connectivity index (χ4v) is 5.18. The van der Waals surface area contributed by atoms with Crippen molar-refractivity contribution < 1.29 is 24.2 Å². The number of nitrogens with two attached hydrogens (primary N) is 2. The molecule has 7 N–H and O–H groups in total. The largest absolute Gasteiger partial charge is 0.507 e. The number of carbonyl (C=O) groups excluding carboxylic acids is 2. The molecule has 11 nitrogen and oxygen atoms in total. The summed E-state index contributed by atoms with van der Waals surface area (Å²) in [7, 11) is 3.38. The summed E-state index contributed by atoms with van der Waals surface area (Å²) < 4.78 is 12.4. The Hall–Kier alpha value is -3.64. The molecule has 2 aromatic rings. The van der Waals surface area contributed by atoms with Gasteiger partial charge in [-0.15, -0.1) is 12.4 Å². The monoisotopic (exact) mass is 606 g/mol. The first-order valence-electron chi connectivity index (χ1n) is 12.8. The van der Waals surface area contributed by atoms with Gasteiger partial charge in [0, 0.05) is 19.7 Å². The Morgan fingerprint density at radius 1 is 1.20 bits per heavy atom. The molecule has 1 fully saturated rings. The van der Waals surface area contributed by atoms with E-state index in [1.54, 1.807) is 14.1 Å². The third-order valence-electron chi connectivity index (χ3n) is 6.91. The van der Waals surface area contributed by atoms with E-state index in [9.17, 15) is 14.7 Å². The van der Waals surface area contributed by atoms with Crippen molar-refractivity contribution >= 4 is 47.2 Å². The predicted molar refractivity (Wildman–Crippen MR) is 165 cm³/mol. The van der Waals surface area contributed by atoms with E-state index >= 15 is 0 Å². The third-order valence-corrected chi connectivity index (χ3v) is 7.89. The molecule has 13 heteroatoms. The fraction of sp³-hybridized carbons (Fsp3) is 0.429. The first-order valence-corrected chi connectivity index (χ1v) is 13.7. The summed E-state index contributed by atoms with van der Waals surface area (Å²) in [5.41, 5.74) is 14.3. The number of aliphatic imine (C=N–C) groups is 1. The molecule has 4 rings (SSSR count). The van der Waals surface area contributed by atoms with Crippen LogP contribution < -0.4 is 26.3 Å². The number of nitrogens with zero attached hydrogens (tertiary/aromatic N) is 2. The van der Waals surface area contributed by atoms with Crippen molar-refractivity contribution in [3.05, 3.63) is 52.1 Å². The van der Waals surface area contributed by atoms with E-state index in [4.69, 9.17) is 26.4 Å². The van der Waals surface area contributed by atoms with Crippen LogP contribution in [0.5, 0.6) is 17.2 Å². The van der Waals surface area contributed by atoms with Gasteiger partial charge in [-0.05, 0) is 81.3 Å². The zero-order valence-electron chi connectivity index (χ0n) is 24.2. The van der Waals surface area contributed by atoms with E-state index in [-0.39, 0.29) is 40.7 Å². The first kappa shape index (κ1) is 33.6. The maximum atomic E-state index is 11.7.